The summed E-state index contributed by atoms with van der Waals surface area (Å²) in [6, 6.07) is 2.90. The van der Waals surface area contributed by atoms with Crippen LogP contribution in [0.1, 0.15) is 13.8 Å². The van der Waals surface area contributed by atoms with Gasteiger partial charge in [0.15, 0.2) is 0 Å². The van der Waals surface area contributed by atoms with Crippen molar-refractivity contribution in [1.82, 2.24) is 19.4 Å². The number of halogens is 2. The Morgan fingerprint density at radius 3 is 2.46 bits per heavy atom. The number of likely N-dealkylation sites (N-methyl/N-ethyl adjacent to an activating group) is 1. The molecular formula is C17H22Cl2N4O3. The lowest BCUT2D eigenvalue weighted by Crippen LogP contribution is -2.42. The van der Waals surface area contributed by atoms with Gasteiger partial charge in [-0.05, 0) is 25.2 Å². The van der Waals surface area contributed by atoms with Crippen molar-refractivity contribution in [2.75, 3.05) is 26.2 Å². The van der Waals surface area contributed by atoms with E-state index in [1.807, 2.05) is 0 Å². The van der Waals surface area contributed by atoms with Crippen LogP contribution in [0.2, 0.25) is 10.0 Å². The minimum atomic E-state index is -0.597. The lowest BCUT2D eigenvalue weighted by molar-refractivity contribution is -0.121. The molecular weight excluding hydrogens is 379 g/mol. The van der Waals surface area contributed by atoms with E-state index >= 15 is 0 Å². The molecule has 0 radical (unpaired) electrons. The lowest BCUT2D eigenvalue weighted by Gasteiger charge is -2.18. The highest BCUT2D eigenvalue weighted by Gasteiger charge is 2.16. The SMILES string of the molecule is CCN(CC)CCNC(=O)Cn1c(=O)n(C)c(=O)c2c(Cl)cc(Cl)cc21. The molecule has 1 N–H and O–H groups in total. The number of rotatable bonds is 7. The normalized spacial score (nSPS) is 11.3. The molecule has 0 bridgehead atoms. The molecule has 2 aromatic rings. The molecule has 0 aliphatic heterocycles. The molecule has 26 heavy (non-hydrogen) atoms. The fraction of sp³-hybridized carbons (Fsp3) is 0.471. The van der Waals surface area contributed by atoms with Crippen LogP contribution < -0.4 is 16.6 Å². The fourth-order valence-corrected chi connectivity index (χ4v) is 3.33. The molecule has 1 amide bonds. The maximum atomic E-state index is 12.5. The first kappa shape index (κ1) is 20.5. The maximum Gasteiger partial charge on any atom is 0.331 e. The molecule has 9 heteroatoms. The van der Waals surface area contributed by atoms with Gasteiger partial charge in [0.2, 0.25) is 5.91 Å². The first-order valence-electron chi connectivity index (χ1n) is 8.37. The number of carbonyl (C=O) groups excluding carboxylic acids is 1. The smallest absolute Gasteiger partial charge is 0.331 e. The second kappa shape index (κ2) is 8.70. The third kappa shape index (κ3) is 4.28. The van der Waals surface area contributed by atoms with Crippen LogP contribution in [0.3, 0.4) is 0 Å². The Bertz CT molecular complexity index is 932. The number of fused-ring (bicyclic) bond motifs is 1. The van der Waals surface area contributed by atoms with Crippen LogP contribution in [0.5, 0.6) is 0 Å². The number of aromatic nitrogens is 2. The second-order valence-corrected chi connectivity index (χ2v) is 6.74. The number of hydrogen-bond acceptors (Lipinski definition) is 4. The van der Waals surface area contributed by atoms with Crippen molar-refractivity contribution in [2.24, 2.45) is 7.05 Å². The van der Waals surface area contributed by atoms with Gasteiger partial charge in [-0.15, -0.1) is 0 Å². The molecule has 0 saturated carbocycles. The predicted molar refractivity (Wildman–Crippen MR) is 104 cm³/mol. The molecule has 1 aromatic heterocycles. The molecule has 7 nitrogen and oxygen atoms in total. The summed E-state index contributed by atoms with van der Waals surface area (Å²) in [5.41, 5.74) is -0.876. The van der Waals surface area contributed by atoms with E-state index in [4.69, 9.17) is 23.2 Å². The van der Waals surface area contributed by atoms with E-state index in [9.17, 15) is 14.4 Å². The molecule has 0 aliphatic carbocycles. The van der Waals surface area contributed by atoms with Crippen molar-refractivity contribution >= 4 is 40.0 Å². The predicted octanol–water partition coefficient (Wildman–Crippen LogP) is 1.47. The van der Waals surface area contributed by atoms with Crippen molar-refractivity contribution in [3.8, 4) is 0 Å². The standard InChI is InChI=1S/C17H22Cl2N4O3/c1-4-22(5-2)7-6-20-14(24)10-23-13-9-11(18)8-12(19)15(13)16(25)21(3)17(23)26/h8-9H,4-7,10H2,1-3H3,(H,20,24). The molecule has 0 atom stereocenters. The van der Waals surface area contributed by atoms with E-state index in [-0.39, 0.29) is 33.4 Å². The average molecular weight is 401 g/mol. The molecule has 0 fully saturated rings. The van der Waals surface area contributed by atoms with Gasteiger partial charge in [0, 0.05) is 25.2 Å². The second-order valence-electron chi connectivity index (χ2n) is 5.89. The van der Waals surface area contributed by atoms with E-state index < -0.39 is 11.2 Å². The molecule has 0 spiro atoms. The zero-order valence-electron chi connectivity index (χ0n) is 15.0. The van der Waals surface area contributed by atoms with Crippen LogP contribution in [0, 0.1) is 0 Å². The topological polar surface area (TPSA) is 76.3 Å². The summed E-state index contributed by atoms with van der Waals surface area (Å²) < 4.78 is 2.15. The van der Waals surface area contributed by atoms with E-state index in [0.29, 0.717) is 6.54 Å². The van der Waals surface area contributed by atoms with Crippen molar-refractivity contribution in [1.29, 1.82) is 0 Å². The number of hydrogen-bond donors (Lipinski definition) is 1. The van der Waals surface area contributed by atoms with E-state index in [1.54, 1.807) is 0 Å². The zero-order chi connectivity index (χ0) is 19.4. The third-order valence-electron chi connectivity index (χ3n) is 4.31. The number of benzene rings is 1. The minimum absolute atomic E-state index is 0.142. The van der Waals surface area contributed by atoms with Crippen LogP contribution in [0.15, 0.2) is 21.7 Å². The van der Waals surface area contributed by atoms with Crippen LogP contribution in [0.4, 0.5) is 0 Å². The Labute approximate surface area is 161 Å². The molecule has 2 rings (SSSR count). The molecule has 1 heterocycles. The summed E-state index contributed by atoms with van der Waals surface area (Å²) in [7, 11) is 1.35. The molecule has 0 aliphatic rings. The highest BCUT2D eigenvalue weighted by Crippen LogP contribution is 2.24. The molecule has 0 saturated heterocycles. The Balaban J connectivity index is 2.33. The molecule has 1 aromatic carbocycles. The van der Waals surface area contributed by atoms with Crippen molar-refractivity contribution in [3.63, 3.8) is 0 Å². The van der Waals surface area contributed by atoms with Gasteiger partial charge in [0.1, 0.15) is 6.54 Å². The summed E-state index contributed by atoms with van der Waals surface area (Å²) >= 11 is 12.1. The van der Waals surface area contributed by atoms with Gasteiger partial charge in [0.05, 0.1) is 15.9 Å². The maximum absolute atomic E-state index is 12.5. The molecule has 0 unspecified atom stereocenters. The summed E-state index contributed by atoms with van der Waals surface area (Å²) in [6.45, 7) is 6.87. The Hall–Kier alpha value is -1.83. The highest BCUT2D eigenvalue weighted by molar-refractivity contribution is 6.38. The largest absolute Gasteiger partial charge is 0.353 e. The fourth-order valence-electron chi connectivity index (χ4n) is 2.77. The van der Waals surface area contributed by atoms with E-state index in [2.05, 4.69) is 24.1 Å². The highest BCUT2D eigenvalue weighted by atomic mass is 35.5. The van der Waals surface area contributed by atoms with Gasteiger partial charge in [-0.25, -0.2) is 4.79 Å². The molecule has 142 valence electrons. The number of amides is 1. The Morgan fingerprint density at radius 2 is 1.85 bits per heavy atom. The minimum Gasteiger partial charge on any atom is -0.353 e. The van der Waals surface area contributed by atoms with Gasteiger partial charge in [-0.2, -0.15) is 0 Å². The Morgan fingerprint density at radius 1 is 1.19 bits per heavy atom. The summed E-state index contributed by atoms with van der Waals surface area (Å²) in [6.07, 6.45) is 0. The van der Waals surface area contributed by atoms with E-state index in [0.717, 1.165) is 24.2 Å². The van der Waals surface area contributed by atoms with Crippen LogP contribution in [-0.4, -0.2) is 46.1 Å². The van der Waals surface area contributed by atoms with Crippen molar-refractivity contribution < 1.29 is 4.79 Å². The lowest BCUT2D eigenvalue weighted by atomic mass is 10.2. The van der Waals surface area contributed by atoms with Crippen LogP contribution in [0.25, 0.3) is 10.9 Å². The summed E-state index contributed by atoms with van der Waals surface area (Å²) in [4.78, 5) is 39.3. The van der Waals surface area contributed by atoms with Crippen molar-refractivity contribution in [2.45, 2.75) is 20.4 Å². The van der Waals surface area contributed by atoms with Crippen molar-refractivity contribution in [3.05, 3.63) is 43.0 Å². The van der Waals surface area contributed by atoms with Gasteiger partial charge < -0.3 is 10.2 Å². The monoisotopic (exact) mass is 400 g/mol. The van der Waals surface area contributed by atoms with Gasteiger partial charge in [-0.3, -0.25) is 18.7 Å². The number of nitrogens with zero attached hydrogens (tertiary/aromatic N) is 3. The van der Waals surface area contributed by atoms with Crippen LogP contribution in [-0.2, 0) is 18.4 Å². The Kier molecular flexibility index (Phi) is 6.86. The summed E-state index contributed by atoms with van der Waals surface area (Å²) in [5, 5.41) is 3.38. The van der Waals surface area contributed by atoms with Gasteiger partial charge >= 0.3 is 5.69 Å². The first-order valence-corrected chi connectivity index (χ1v) is 9.13. The third-order valence-corrected chi connectivity index (χ3v) is 4.82. The zero-order valence-corrected chi connectivity index (χ0v) is 16.5. The van der Waals surface area contributed by atoms with E-state index in [1.165, 1.54) is 23.7 Å². The van der Waals surface area contributed by atoms with Gasteiger partial charge in [0.25, 0.3) is 5.56 Å². The number of nitrogens with one attached hydrogen (secondary N) is 1. The average Bonchev–Trinajstić information content (AvgIpc) is 2.60. The number of carbonyl (C=O) groups is 1. The van der Waals surface area contributed by atoms with Crippen LogP contribution >= 0.6 is 23.2 Å². The first-order chi connectivity index (χ1) is 12.3. The summed E-state index contributed by atoms with van der Waals surface area (Å²) in [5.74, 6) is -0.324. The van der Waals surface area contributed by atoms with Gasteiger partial charge in [-0.1, -0.05) is 37.0 Å². The quantitative estimate of drug-likeness (QED) is 0.763.